The van der Waals surface area contributed by atoms with Crippen molar-refractivity contribution in [2.45, 2.75) is 25.4 Å². The van der Waals surface area contributed by atoms with E-state index in [0.717, 1.165) is 37.4 Å². The van der Waals surface area contributed by atoms with Crippen molar-refractivity contribution in [2.24, 2.45) is 11.8 Å². The normalized spacial score (nSPS) is 27.8. The Bertz CT molecular complexity index is 506. The molecule has 1 aromatic carbocycles. The lowest BCUT2D eigenvalue weighted by Crippen LogP contribution is -2.37. The van der Waals surface area contributed by atoms with Crippen LogP contribution < -0.4 is 5.32 Å². The number of likely N-dealkylation sites (tertiary alicyclic amines) is 1. The van der Waals surface area contributed by atoms with E-state index in [2.05, 4.69) is 10.2 Å². The van der Waals surface area contributed by atoms with Gasteiger partial charge in [0, 0.05) is 24.7 Å². The van der Waals surface area contributed by atoms with Gasteiger partial charge in [-0.2, -0.15) is 0 Å². The van der Waals surface area contributed by atoms with Gasteiger partial charge < -0.3 is 10.4 Å². The third kappa shape index (κ3) is 4.00. The smallest absolute Gasteiger partial charge is 0.234 e. The number of carbonyl (C=O) groups excluding carboxylic acids is 1. The predicted octanol–water partition coefficient (Wildman–Crippen LogP) is 1.70. The topological polar surface area (TPSA) is 52.6 Å². The molecule has 2 aliphatic rings. The maximum absolute atomic E-state index is 12.0. The fraction of sp³-hybridized carbons (Fsp3) is 0.588. The number of amides is 1. The van der Waals surface area contributed by atoms with Crippen molar-refractivity contribution in [1.29, 1.82) is 0 Å². The highest BCUT2D eigenvalue weighted by atomic mass is 35.5. The minimum Gasteiger partial charge on any atom is -0.393 e. The fourth-order valence-corrected chi connectivity index (χ4v) is 3.88. The van der Waals surface area contributed by atoms with Crippen molar-refractivity contribution >= 4 is 17.5 Å². The molecule has 2 N–H and O–H groups in total. The van der Waals surface area contributed by atoms with Gasteiger partial charge in [0.05, 0.1) is 12.6 Å². The van der Waals surface area contributed by atoms with Crippen LogP contribution >= 0.6 is 11.6 Å². The highest BCUT2D eigenvalue weighted by molar-refractivity contribution is 6.30. The number of rotatable bonds is 5. The van der Waals surface area contributed by atoms with Gasteiger partial charge in [0.25, 0.3) is 0 Å². The Hall–Kier alpha value is -1.10. The lowest BCUT2D eigenvalue weighted by molar-refractivity contribution is -0.122. The predicted molar refractivity (Wildman–Crippen MR) is 86.8 cm³/mol. The zero-order valence-corrected chi connectivity index (χ0v) is 13.4. The van der Waals surface area contributed by atoms with Crippen LogP contribution in [0.25, 0.3) is 0 Å². The Balaban J connectivity index is 1.36. The molecule has 1 heterocycles. The third-order valence-electron chi connectivity index (χ3n) is 4.82. The molecule has 0 radical (unpaired) electrons. The summed E-state index contributed by atoms with van der Waals surface area (Å²) in [5, 5.41) is 13.4. The Morgan fingerprint density at radius 1 is 1.23 bits per heavy atom. The summed E-state index contributed by atoms with van der Waals surface area (Å²) in [6.45, 7) is 3.03. The summed E-state index contributed by atoms with van der Waals surface area (Å²) in [6, 6.07) is 7.72. The van der Waals surface area contributed by atoms with Crippen LogP contribution in [-0.2, 0) is 11.2 Å². The number of aliphatic hydroxyl groups is 1. The lowest BCUT2D eigenvalue weighted by atomic mass is 10.0. The van der Waals surface area contributed by atoms with Crippen molar-refractivity contribution in [3.8, 4) is 0 Å². The molecule has 120 valence electrons. The molecule has 4 nitrogen and oxygen atoms in total. The quantitative estimate of drug-likeness (QED) is 0.867. The Labute approximate surface area is 136 Å². The molecular weight excluding hydrogens is 300 g/mol. The number of carbonyl (C=O) groups is 1. The molecule has 1 aromatic rings. The van der Waals surface area contributed by atoms with Crippen molar-refractivity contribution in [2.75, 3.05) is 26.2 Å². The number of nitrogens with one attached hydrogen (secondary N) is 1. The molecule has 2 fully saturated rings. The van der Waals surface area contributed by atoms with E-state index in [0.29, 0.717) is 24.9 Å². The largest absolute Gasteiger partial charge is 0.393 e. The number of fused-ring (bicyclic) bond motifs is 1. The zero-order valence-electron chi connectivity index (χ0n) is 12.7. The van der Waals surface area contributed by atoms with Gasteiger partial charge in [-0.15, -0.1) is 0 Å². The molecule has 1 saturated carbocycles. The van der Waals surface area contributed by atoms with Crippen LogP contribution in [0.4, 0.5) is 0 Å². The standard InChI is InChI=1S/C17H23ClN2O2/c18-15-3-1-12(2-4-15)5-6-19-17(22)11-20-9-13-7-16(21)8-14(13)10-20/h1-4,13-14,16,21H,5-11H2,(H,19,22)/t13-,14+,16?. The van der Waals surface area contributed by atoms with Gasteiger partial charge in [0.1, 0.15) is 0 Å². The second-order valence-corrected chi connectivity index (χ2v) is 7.00. The second kappa shape index (κ2) is 6.99. The fourth-order valence-electron chi connectivity index (χ4n) is 3.75. The van der Waals surface area contributed by atoms with E-state index in [9.17, 15) is 9.90 Å². The van der Waals surface area contributed by atoms with Crippen LogP contribution in [0.2, 0.25) is 5.02 Å². The summed E-state index contributed by atoms with van der Waals surface area (Å²) in [5.74, 6) is 1.25. The van der Waals surface area contributed by atoms with Gasteiger partial charge in [0.2, 0.25) is 5.91 Å². The number of hydrogen-bond acceptors (Lipinski definition) is 3. The summed E-state index contributed by atoms with van der Waals surface area (Å²) in [4.78, 5) is 14.2. The first-order chi connectivity index (χ1) is 10.6. The highest BCUT2D eigenvalue weighted by Gasteiger charge is 2.40. The minimum absolute atomic E-state index is 0.0921. The van der Waals surface area contributed by atoms with Gasteiger partial charge in [-0.1, -0.05) is 23.7 Å². The molecule has 5 heteroatoms. The van der Waals surface area contributed by atoms with Crippen LogP contribution in [0.1, 0.15) is 18.4 Å². The van der Waals surface area contributed by atoms with Crippen LogP contribution in [0.5, 0.6) is 0 Å². The van der Waals surface area contributed by atoms with Crippen molar-refractivity contribution in [1.82, 2.24) is 10.2 Å². The number of benzene rings is 1. The second-order valence-electron chi connectivity index (χ2n) is 6.57. The molecule has 1 aliphatic heterocycles. The van der Waals surface area contributed by atoms with Gasteiger partial charge in [-0.25, -0.2) is 0 Å². The SMILES string of the molecule is O=C(CN1C[C@H]2CC(O)C[C@H]2C1)NCCc1ccc(Cl)cc1. The van der Waals surface area contributed by atoms with Crippen molar-refractivity contribution in [3.63, 3.8) is 0 Å². The van der Waals surface area contributed by atoms with Gasteiger partial charge in [-0.05, 0) is 48.8 Å². The first-order valence-corrected chi connectivity index (χ1v) is 8.39. The Morgan fingerprint density at radius 3 is 2.50 bits per heavy atom. The van der Waals surface area contributed by atoms with Gasteiger partial charge in [0.15, 0.2) is 0 Å². The first kappa shape index (κ1) is 15.8. The average Bonchev–Trinajstić information content (AvgIpc) is 2.97. The number of hydrogen-bond donors (Lipinski definition) is 2. The van der Waals surface area contributed by atoms with E-state index in [4.69, 9.17) is 11.6 Å². The van der Waals surface area contributed by atoms with Gasteiger partial charge >= 0.3 is 0 Å². The number of nitrogens with zero attached hydrogens (tertiary/aromatic N) is 1. The minimum atomic E-state index is -0.120. The maximum Gasteiger partial charge on any atom is 0.234 e. The molecule has 1 unspecified atom stereocenters. The van der Waals surface area contributed by atoms with Crippen LogP contribution in [0.3, 0.4) is 0 Å². The van der Waals surface area contributed by atoms with Crippen LogP contribution in [0, 0.1) is 11.8 Å². The monoisotopic (exact) mass is 322 g/mol. The summed E-state index contributed by atoms with van der Waals surface area (Å²) >= 11 is 5.85. The van der Waals surface area contributed by atoms with Crippen LogP contribution in [-0.4, -0.2) is 48.2 Å². The van der Waals surface area contributed by atoms with E-state index >= 15 is 0 Å². The zero-order chi connectivity index (χ0) is 15.5. The summed E-state index contributed by atoms with van der Waals surface area (Å²) < 4.78 is 0. The summed E-state index contributed by atoms with van der Waals surface area (Å²) in [6.07, 6.45) is 2.50. The Morgan fingerprint density at radius 2 is 1.86 bits per heavy atom. The lowest BCUT2D eigenvalue weighted by Gasteiger charge is -2.17. The van der Waals surface area contributed by atoms with Gasteiger partial charge in [-0.3, -0.25) is 9.69 Å². The van der Waals surface area contributed by atoms with Crippen molar-refractivity contribution < 1.29 is 9.90 Å². The van der Waals surface area contributed by atoms with E-state index in [1.165, 1.54) is 5.56 Å². The molecule has 1 saturated heterocycles. The molecule has 1 aliphatic carbocycles. The molecule has 1 amide bonds. The average molecular weight is 323 g/mol. The summed E-state index contributed by atoms with van der Waals surface area (Å²) in [5.41, 5.74) is 1.18. The summed E-state index contributed by atoms with van der Waals surface area (Å²) in [7, 11) is 0. The van der Waals surface area contributed by atoms with E-state index in [1.54, 1.807) is 0 Å². The molecule has 3 atom stereocenters. The highest BCUT2D eigenvalue weighted by Crippen LogP contribution is 2.37. The molecule has 3 rings (SSSR count). The maximum atomic E-state index is 12.0. The van der Waals surface area contributed by atoms with E-state index in [-0.39, 0.29) is 12.0 Å². The molecular formula is C17H23ClN2O2. The van der Waals surface area contributed by atoms with Crippen molar-refractivity contribution in [3.05, 3.63) is 34.9 Å². The molecule has 22 heavy (non-hydrogen) atoms. The molecule has 0 aromatic heterocycles. The number of halogens is 1. The molecule has 0 bridgehead atoms. The first-order valence-electron chi connectivity index (χ1n) is 8.01. The van der Waals surface area contributed by atoms with E-state index < -0.39 is 0 Å². The number of aliphatic hydroxyl groups excluding tert-OH is 1. The third-order valence-corrected chi connectivity index (χ3v) is 5.07. The Kier molecular flexibility index (Phi) is 5.01. The molecule has 0 spiro atoms. The van der Waals surface area contributed by atoms with E-state index in [1.807, 2.05) is 24.3 Å². The van der Waals surface area contributed by atoms with Crippen LogP contribution in [0.15, 0.2) is 24.3 Å².